The molecule has 0 radical (unpaired) electrons. The van der Waals surface area contributed by atoms with Crippen LogP contribution >= 0.6 is 50.9 Å². The molecule has 4 aromatic rings. The summed E-state index contributed by atoms with van der Waals surface area (Å²) in [4.78, 5) is 150. The molecule has 109 heavy (non-hydrogen) atoms. The first-order valence-electron chi connectivity index (χ1n) is 35.5. The Labute approximate surface area is 663 Å². The summed E-state index contributed by atoms with van der Waals surface area (Å²) in [5.74, 6) is -2.88. The number of fused-ring (bicyclic) bond motifs is 2. The van der Waals surface area contributed by atoms with Crippen LogP contribution in [0.3, 0.4) is 0 Å². The Kier molecular flexibility index (Phi) is 34.0. The number of nitrogens with two attached hydrogens (primary N) is 4. The fourth-order valence-corrected chi connectivity index (χ4v) is 13.6. The molecular weight excluding hydrogens is 1620 g/mol. The molecule has 0 bridgehead atoms. The monoisotopic (exact) mass is 1720 g/mol. The minimum atomic E-state index is -0.678. The van der Waals surface area contributed by atoms with Crippen molar-refractivity contribution in [1.29, 1.82) is 0 Å². The first kappa shape index (κ1) is 92.9. The standard InChI is InChI=1S/C27H37N3O8.C25H21N3O8.C16H31N3O4.C6H15N3.3BrH/c1-26(2,3)37-24(34)29-17-11-16(12-18(13-17)30-25(35)38-27(4,5)6)28-22(32)9-15-10-23(33)36-21-14-19(31)7-8-20(15)21;29-17-1-2-18-13(8-25(35)36-19(18)12-17)7-20(30)26-14-9-15(27-21(31)3-4-22(27)32)11-16(10-14)28-23(33)5-6-24(28)34;1-15(2,3)22-13(20)18-11-7-10(17)8-12(9-11)19-14(21)23-16(4,5)6;7-4-1-5(8)3-6(9)2-4;;;/h7-8,10,14,16-18,31H,9,11-13H2,1-6H3,(H,28,32)(H,29,34)(H,30,35);1-6,8,12,14-16,29H,7,9-11H2,(H,26,30);10-12H,7-9,17H2,1-6H3,(H,18,20)(H,19,21);4-6H,1-3,7-9H2;3*1H/t16?,17-,18+;14?,15-,16+;10?,11-,12+;;;;. The molecule has 4 aliphatic carbocycles. The minimum Gasteiger partial charge on any atom is -0.508 e. The largest absolute Gasteiger partial charge is 0.508 e. The number of carbonyl (C=O) groups is 10. The number of rotatable bonds is 12. The van der Waals surface area contributed by atoms with E-state index in [1.807, 2.05) is 41.5 Å². The number of aromatic hydroxyl groups is 2. The van der Waals surface area contributed by atoms with Gasteiger partial charge in [0.2, 0.25) is 11.8 Å². The van der Waals surface area contributed by atoms with Gasteiger partial charge in [-0.2, -0.15) is 0 Å². The number of hydrogen-bond donors (Lipinski definition) is 12. The lowest BCUT2D eigenvalue weighted by atomic mass is 9.85. The van der Waals surface area contributed by atoms with Crippen molar-refractivity contribution in [1.82, 2.24) is 41.7 Å². The van der Waals surface area contributed by atoms with E-state index >= 15 is 0 Å². The molecule has 604 valence electrons. The maximum Gasteiger partial charge on any atom is 0.407 e. The number of ether oxygens (including phenoxy) is 4. The number of hydrogen-bond acceptors (Lipinski definition) is 24. The van der Waals surface area contributed by atoms with Crippen molar-refractivity contribution < 1.29 is 85.9 Å². The SMILES string of the molecule is Br.Br.Br.CC(C)(C)OC(=O)N[C@@H]1CC(N)C[C@H](NC(=O)OC(C)(C)C)C1.CC(C)(C)OC(=O)N[C@@H]1CC(NC(=O)Cc2cc(=O)oc3cc(O)ccc23)C[C@H](NC(=O)OC(C)(C)C)C1.NC1CC(N)CC(N)C1.O=C(Cc1cc(=O)oc2cc(O)ccc12)NC1C[C@@H](N2C(=O)C=CC2=O)C[C@@H](N2C(=O)C=CC2=O)C1. The van der Waals surface area contributed by atoms with Gasteiger partial charge in [0.1, 0.15) is 45.1 Å². The predicted molar refractivity (Wildman–Crippen MR) is 420 cm³/mol. The first-order chi connectivity index (χ1) is 49.3. The molecule has 0 saturated heterocycles. The number of nitrogens with zero attached hydrogens (tertiary/aromatic N) is 2. The van der Waals surface area contributed by atoms with E-state index in [4.69, 9.17) is 50.7 Å². The highest BCUT2D eigenvalue weighted by atomic mass is 79.9. The van der Waals surface area contributed by atoms with Gasteiger partial charge in [-0.05, 0) is 196 Å². The van der Waals surface area contributed by atoms with E-state index < -0.39 is 106 Å². The van der Waals surface area contributed by atoms with E-state index in [1.54, 1.807) is 47.6 Å². The van der Waals surface area contributed by atoms with Gasteiger partial charge in [-0.3, -0.25) is 38.6 Å². The van der Waals surface area contributed by atoms with E-state index in [1.165, 1.54) is 42.5 Å². The molecular formula is C74H107Br3N12O20. The smallest absolute Gasteiger partial charge is 0.407 e. The summed E-state index contributed by atoms with van der Waals surface area (Å²) in [6, 6.07) is 8.45. The molecule has 4 fully saturated rings. The Morgan fingerprint density at radius 3 is 0.927 bits per heavy atom. The van der Waals surface area contributed by atoms with E-state index in [-0.39, 0.29) is 166 Å². The quantitative estimate of drug-likeness (QED) is 0.0387. The van der Waals surface area contributed by atoms with Gasteiger partial charge in [0, 0.05) is 132 Å². The van der Waals surface area contributed by atoms with Crippen LogP contribution in [0.5, 0.6) is 11.5 Å². The van der Waals surface area contributed by atoms with Gasteiger partial charge in [-0.15, -0.1) is 50.9 Å². The van der Waals surface area contributed by atoms with E-state index in [9.17, 15) is 67.7 Å². The summed E-state index contributed by atoms with van der Waals surface area (Å²) >= 11 is 0. The highest BCUT2D eigenvalue weighted by Gasteiger charge is 2.44. The Morgan fingerprint density at radius 2 is 0.642 bits per heavy atom. The zero-order chi connectivity index (χ0) is 78.5. The highest BCUT2D eigenvalue weighted by molar-refractivity contribution is 8.93. The van der Waals surface area contributed by atoms with Crippen LogP contribution < -0.4 is 66.1 Å². The zero-order valence-electron chi connectivity index (χ0n) is 63.4. The molecule has 6 aliphatic rings. The van der Waals surface area contributed by atoms with Crippen molar-refractivity contribution in [2.75, 3.05) is 0 Å². The summed E-state index contributed by atoms with van der Waals surface area (Å²) in [6.45, 7) is 21.4. The van der Waals surface area contributed by atoms with Crippen LogP contribution in [0.1, 0.15) is 171 Å². The number of nitrogens with one attached hydrogen (secondary N) is 6. The van der Waals surface area contributed by atoms with Crippen LogP contribution in [0.15, 0.2) is 91.3 Å². The van der Waals surface area contributed by atoms with Crippen LogP contribution in [-0.2, 0) is 60.6 Å². The van der Waals surface area contributed by atoms with Gasteiger partial charge in [-0.1, -0.05) is 0 Å². The molecule has 16 N–H and O–H groups in total. The lowest BCUT2D eigenvalue weighted by Gasteiger charge is -2.41. The predicted octanol–water partition coefficient (Wildman–Crippen LogP) is 6.96. The van der Waals surface area contributed by atoms with Gasteiger partial charge in [0.25, 0.3) is 23.6 Å². The van der Waals surface area contributed by atoms with Crippen LogP contribution in [-0.4, -0.2) is 175 Å². The normalized spacial score (nSPS) is 23.9. The van der Waals surface area contributed by atoms with Crippen molar-refractivity contribution in [2.45, 2.75) is 268 Å². The van der Waals surface area contributed by atoms with Gasteiger partial charge in [0.15, 0.2) is 0 Å². The minimum absolute atomic E-state index is 0. The summed E-state index contributed by atoms with van der Waals surface area (Å²) in [5, 5.41) is 37.5. The van der Waals surface area contributed by atoms with Crippen LogP contribution in [0, 0.1) is 0 Å². The van der Waals surface area contributed by atoms with Crippen molar-refractivity contribution in [2.24, 2.45) is 22.9 Å². The summed E-state index contributed by atoms with van der Waals surface area (Å²) in [6.07, 6.45) is 8.98. The first-order valence-corrected chi connectivity index (χ1v) is 35.5. The lowest BCUT2D eigenvalue weighted by molar-refractivity contribution is -0.143. The van der Waals surface area contributed by atoms with Crippen LogP contribution in [0.25, 0.3) is 21.9 Å². The molecule has 2 aromatic heterocycles. The number of phenols is 2. The molecule has 2 aliphatic heterocycles. The third-order valence-corrected chi connectivity index (χ3v) is 17.3. The van der Waals surface area contributed by atoms with Crippen molar-refractivity contribution in [3.8, 4) is 11.5 Å². The second-order valence-electron chi connectivity index (χ2n) is 31.7. The summed E-state index contributed by atoms with van der Waals surface area (Å²) < 4.78 is 31.5. The topological polar surface area (TPSA) is 491 Å². The lowest BCUT2D eigenvalue weighted by Crippen LogP contribution is -2.56. The van der Waals surface area contributed by atoms with E-state index in [0.29, 0.717) is 60.4 Å². The van der Waals surface area contributed by atoms with Gasteiger partial charge in [0.05, 0.1) is 12.8 Å². The molecule has 10 rings (SSSR count). The van der Waals surface area contributed by atoms with Gasteiger partial charge < -0.3 is 92.8 Å². The van der Waals surface area contributed by atoms with Crippen molar-refractivity contribution in [3.05, 3.63) is 105 Å². The Bertz CT molecular complexity index is 3900. The second kappa shape index (κ2) is 39.9. The fourth-order valence-electron chi connectivity index (χ4n) is 13.6. The third kappa shape index (κ3) is 30.7. The average molecular weight is 1720 g/mol. The van der Waals surface area contributed by atoms with Crippen molar-refractivity contribution in [3.63, 3.8) is 0 Å². The van der Waals surface area contributed by atoms with Crippen molar-refractivity contribution >= 4 is 133 Å². The number of phenolic OH excluding ortho intramolecular Hbond substituents is 2. The average Bonchev–Trinajstić information content (AvgIpc) is 1.45. The maximum atomic E-state index is 13.0. The number of halogens is 3. The third-order valence-electron chi connectivity index (χ3n) is 17.3. The summed E-state index contributed by atoms with van der Waals surface area (Å²) in [5.41, 5.74) is 20.4. The number of imide groups is 2. The van der Waals surface area contributed by atoms with Crippen LogP contribution in [0.4, 0.5) is 19.2 Å². The second-order valence-corrected chi connectivity index (χ2v) is 31.7. The molecule has 9 atom stereocenters. The molecule has 4 saturated carbocycles. The molecule has 3 unspecified atom stereocenters. The van der Waals surface area contributed by atoms with Gasteiger partial charge >= 0.3 is 35.6 Å². The Morgan fingerprint density at radius 1 is 0.385 bits per heavy atom. The molecule has 2 aromatic carbocycles. The number of benzene rings is 2. The molecule has 10 amide bonds. The number of carbonyl (C=O) groups excluding carboxylic acids is 10. The molecule has 32 nitrogen and oxygen atoms in total. The Balaban J connectivity index is 0.000000329. The van der Waals surface area contributed by atoms with Crippen LogP contribution in [0.2, 0.25) is 0 Å². The highest BCUT2D eigenvalue weighted by Crippen LogP contribution is 2.32. The number of alkyl carbamates (subject to hydrolysis) is 4. The molecule has 4 heterocycles. The zero-order valence-corrected chi connectivity index (χ0v) is 68.6. The molecule has 35 heteroatoms. The van der Waals surface area contributed by atoms with E-state index in [2.05, 4.69) is 31.9 Å². The van der Waals surface area contributed by atoms with E-state index in [0.717, 1.165) is 53.4 Å². The number of amides is 10. The molecule has 0 spiro atoms. The summed E-state index contributed by atoms with van der Waals surface area (Å²) in [7, 11) is 0. The fraction of sp³-hybridized carbons (Fsp3) is 0.568. The van der Waals surface area contributed by atoms with Gasteiger partial charge in [-0.25, -0.2) is 28.8 Å². The Hall–Kier alpha value is -8.48. The maximum absolute atomic E-state index is 13.0.